The quantitative estimate of drug-likeness (QED) is 0.850. The van der Waals surface area contributed by atoms with Gasteiger partial charge >= 0.3 is 0 Å². The summed E-state index contributed by atoms with van der Waals surface area (Å²) in [5, 5.41) is 8.73. The molecule has 102 valence electrons. The van der Waals surface area contributed by atoms with E-state index in [4.69, 9.17) is 11.0 Å². The van der Waals surface area contributed by atoms with Gasteiger partial charge in [-0.2, -0.15) is 5.26 Å². The van der Waals surface area contributed by atoms with Crippen LogP contribution in [0, 0.1) is 28.9 Å². The minimum absolute atomic E-state index is 0.111. The topological polar surface area (TPSA) is 70.1 Å². The Hall–Kier alpha value is -2.16. The lowest BCUT2D eigenvalue weighted by Crippen LogP contribution is -2.35. The van der Waals surface area contributed by atoms with Gasteiger partial charge in [-0.1, -0.05) is 0 Å². The third-order valence-electron chi connectivity index (χ3n) is 2.72. The first-order valence-corrected chi connectivity index (χ1v) is 5.84. The largest absolute Gasteiger partial charge is 0.396 e. The fraction of sp³-hybridized carbons (Fsp3) is 0.385. The van der Waals surface area contributed by atoms with Gasteiger partial charge in [-0.15, -0.1) is 0 Å². The maximum atomic E-state index is 13.8. The predicted octanol–water partition coefficient (Wildman–Crippen LogP) is 2.17. The van der Waals surface area contributed by atoms with E-state index in [0.717, 1.165) is 12.1 Å². The molecule has 2 N–H and O–H groups in total. The Bertz CT molecular complexity index is 525. The Morgan fingerprint density at radius 2 is 2.16 bits per heavy atom. The van der Waals surface area contributed by atoms with Gasteiger partial charge in [0.15, 0.2) is 5.82 Å². The van der Waals surface area contributed by atoms with Gasteiger partial charge < -0.3 is 10.6 Å². The number of nitrogens with zero attached hydrogens (tertiary/aromatic N) is 2. The molecule has 0 aliphatic heterocycles. The molecular formula is C13H15F2N3O. The van der Waals surface area contributed by atoms with Crippen LogP contribution in [0.5, 0.6) is 0 Å². The molecule has 1 atom stereocenters. The number of nitrogen functional groups attached to an aromatic ring is 1. The van der Waals surface area contributed by atoms with Gasteiger partial charge in [0.05, 0.1) is 17.7 Å². The van der Waals surface area contributed by atoms with E-state index in [9.17, 15) is 13.6 Å². The number of amides is 1. The number of nitriles is 1. The Balaban J connectivity index is 3.12. The third kappa shape index (κ3) is 3.19. The summed E-state index contributed by atoms with van der Waals surface area (Å²) in [4.78, 5) is 13.3. The highest BCUT2D eigenvalue weighted by Crippen LogP contribution is 2.20. The van der Waals surface area contributed by atoms with E-state index in [1.54, 1.807) is 13.8 Å². The van der Waals surface area contributed by atoms with Gasteiger partial charge in [0, 0.05) is 13.1 Å². The molecule has 0 aliphatic carbocycles. The Labute approximate surface area is 110 Å². The second-order valence-electron chi connectivity index (χ2n) is 4.20. The number of rotatable bonds is 4. The van der Waals surface area contributed by atoms with Crippen molar-refractivity contribution in [3.05, 3.63) is 29.3 Å². The molecule has 1 aromatic carbocycles. The van der Waals surface area contributed by atoms with E-state index < -0.39 is 29.0 Å². The molecule has 0 saturated heterocycles. The molecule has 6 heteroatoms. The summed E-state index contributed by atoms with van der Waals surface area (Å²) in [6.45, 7) is 3.66. The van der Waals surface area contributed by atoms with Crippen LogP contribution >= 0.6 is 0 Å². The number of anilines is 1. The molecule has 0 aromatic heterocycles. The SMILES string of the molecule is CCN(CC(C)C#N)C(=O)c1c(F)ccc(N)c1F. The molecule has 1 amide bonds. The van der Waals surface area contributed by atoms with E-state index in [1.807, 2.05) is 6.07 Å². The zero-order chi connectivity index (χ0) is 14.6. The summed E-state index contributed by atoms with van der Waals surface area (Å²) in [6, 6.07) is 3.99. The van der Waals surface area contributed by atoms with Gasteiger partial charge in [-0.3, -0.25) is 4.79 Å². The molecule has 0 spiro atoms. The van der Waals surface area contributed by atoms with Crippen molar-refractivity contribution in [3.63, 3.8) is 0 Å². The number of benzene rings is 1. The highest BCUT2D eigenvalue weighted by Gasteiger charge is 2.24. The average molecular weight is 267 g/mol. The summed E-state index contributed by atoms with van der Waals surface area (Å²) in [6.07, 6.45) is 0. The number of halogens is 2. The van der Waals surface area contributed by atoms with Crippen molar-refractivity contribution < 1.29 is 13.6 Å². The molecule has 1 unspecified atom stereocenters. The average Bonchev–Trinajstić information content (AvgIpc) is 2.40. The number of carbonyl (C=O) groups excluding carboxylic acids is 1. The van der Waals surface area contributed by atoms with Crippen molar-refractivity contribution in [2.24, 2.45) is 5.92 Å². The molecule has 1 aromatic rings. The van der Waals surface area contributed by atoms with Crippen LogP contribution in [0.1, 0.15) is 24.2 Å². The van der Waals surface area contributed by atoms with Crippen LogP contribution in [-0.4, -0.2) is 23.9 Å². The molecule has 1 rings (SSSR count). The van der Waals surface area contributed by atoms with E-state index >= 15 is 0 Å². The fourth-order valence-corrected chi connectivity index (χ4v) is 1.65. The van der Waals surface area contributed by atoms with Crippen LogP contribution in [0.3, 0.4) is 0 Å². The summed E-state index contributed by atoms with van der Waals surface area (Å²) < 4.78 is 27.3. The van der Waals surface area contributed by atoms with Gasteiger partial charge in [0.25, 0.3) is 5.91 Å². The normalized spacial score (nSPS) is 11.7. The summed E-state index contributed by atoms with van der Waals surface area (Å²) in [5.41, 5.74) is 4.37. The van der Waals surface area contributed by atoms with Gasteiger partial charge in [0.1, 0.15) is 11.4 Å². The van der Waals surface area contributed by atoms with Gasteiger partial charge in [-0.25, -0.2) is 8.78 Å². The minimum Gasteiger partial charge on any atom is -0.396 e. The number of hydrogen-bond acceptors (Lipinski definition) is 3. The number of carbonyl (C=O) groups is 1. The molecule has 0 saturated carbocycles. The summed E-state index contributed by atoms with van der Waals surface area (Å²) in [5.74, 6) is -3.24. The monoisotopic (exact) mass is 267 g/mol. The zero-order valence-corrected chi connectivity index (χ0v) is 10.8. The van der Waals surface area contributed by atoms with Crippen molar-refractivity contribution in [3.8, 4) is 6.07 Å². The van der Waals surface area contributed by atoms with E-state index in [0.29, 0.717) is 0 Å². The number of hydrogen-bond donors (Lipinski definition) is 1. The smallest absolute Gasteiger partial charge is 0.259 e. The zero-order valence-electron chi connectivity index (χ0n) is 10.8. The predicted molar refractivity (Wildman–Crippen MR) is 67.1 cm³/mol. The Kier molecular flexibility index (Phi) is 4.81. The first-order valence-electron chi connectivity index (χ1n) is 5.84. The van der Waals surface area contributed by atoms with Crippen LogP contribution in [-0.2, 0) is 0 Å². The molecule has 0 heterocycles. The molecule has 0 radical (unpaired) electrons. The third-order valence-corrected chi connectivity index (χ3v) is 2.72. The van der Waals surface area contributed by atoms with Crippen molar-refractivity contribution in [2.45, 2.75) is 13.8 Å². The molecule has 0 fully saturated rings. The summed E-state index contributed by atoms with van der Waals surface area (Å²) in [7, 11) is 0. The van der Waals surface area contributed by atoms with Crippen molar-refractivity contribution >= 4 is 11.6 Å². The van der Waals surface area contributed by atoms with Crippen LogP contribution in [0.15, 0.2) is 12.1 Å². The lowest BCUT2D eigenvalue weighted by Gasteiger charge is -2.22. The lowest BCUT2D eigenvalue weighted by atomic mass is 10.1. The van der Waals surface area contributed by atoms with Crippen molar-refractivity contribution in [1.29, 1.82) is 5.26 Å². The first kappa shape index (κ1) is 14.9. The van der Waals surface area contributed by atoms with E-state index in [1.165, 1.54) is 4.90 Å². The van der Waals surface area contributed by atoms with Crippen molar-refractivity contribution in [1.82, 2.24) is 4.90 Å². The Morgan fingerprint density at radius 3 is 2.68 bits per heavy atom. The Morgan fingerprint density at radius 1 is 1.53 bits per heavy atom. The molecule has 19 heavy (non-hydrogen) atoms. The lowest BCUT2D eigenvalue weighted by molar-refractivity contribution is 0.0743. The summed E-state index contributed by atoms with van der Waals surface area (Å²) >= 11 is 0. The van der Waals surface area contributed by atoms with Gasteiger partial charge in [0.2, 0.25) is 0 Å². The van der Waals surface area contributed by atoms with E-state index in [-0.39, 0.29) is 18.8 Å². The fourth-order valence-electron chi connectivity index (χ4n) is 1.65. The molecule has 4 nitrogen and oxygen atoms in total. The highest BCUT2D eigenvalue weighted by molar-refractivity contribution is 5.95. The second-order valence-corrected chi connectivity index (χ2v) is 4.20. The molecule has 0 bridgehead atoms. The maximum absolute atomic E-state index is 13.8. The highest BCUT2D eigenvalue weighted by atomic mass is 19.1. The first-order chi connectivity index (χ1) is 8.92. The maximum Gasteiger partial charge on any atom is 0.259 e. The van der Waals surface area contributed by atoms with Crippen LogP contribution in [0.25, 0.3) is 0 Å². The van der Waals surface area contributed by atoms with E-state index in [2.05, 4.69) is 0 Å². The second kappa shape index (κ2) is 6.14. The van der Waals surface area contributed by atoms with Gasteiger partial charge in [-0.05, 0) is 26.0 Å². The van der Waals surface area contributed by atoms with Crippen LogP contribution in [0.2, 0.25) is 0 Å². The number of nitrogens with two attached hydrogens (primary N) is 1. The minimum atomic E-state index is -1.06. The van der Waals surface area contributed by atoms with Crippen LogP contribution < -0.4 is 5.73 Å². The standard InChI is InChI=1S/C13H15F2N3O/c1-3-18(7-8(2)6-16)13(19)11-9(14)4-5-10(17)12(11)15/h4-5,8H,3,7,17H2,1-2H3. The molecular weight excluding hydrogens is 252 g/mol. The van der Waals surface area contributed by atoms with Crippen molar-refractivity contribution in [2.75, 3.05) is 18.8 Å². The van der Waals surface area contributed by atoms with Crippen LogP contribution in [0.4, 0.5) is 14.5 Å². The molecule has 0 aliphatic rings.